The van der Waals surface area contributed by atoms with Gasteiger partial charge in [0.15, 0.2) is 0 Å². The number of sulfonamides is 1. The fourth-order valence-electron chi connectivity index (χ4n) is 2.61. The van der Waals surface area contributed by atoms with Gasteiger partial charge in [-0.25, -0.2) is 8.42 Å². The van der Waals surface area contributed by atoms with E-state index < -0.39 is 27.8 Å². The van der Waals surface area contributed by atoms with Gasteiger partial charge < -0.3 is 9.84 Å². The molecule has 0 spiro atoms. The third-order valence-electron chi connectivity index (χ3n) is 4.04. The molecule has 1 N–H and O–H groups in total. The van der Waals surface area contributed by atoms with Crippen molar-refractivity contribution in [2.75, 3.05) is 12.8 Å². The van der Waals surface area contributed by atoms with Crippen LogP contribution in [0.1, 0.15) is 37.9 Å². The second-order valence-electron chi connectivity index (χ2n) is 5.88. The highest BCUT2D eigenvalue weighted by atomic mass is 32.2. The maximum Gasteiger partial charge on any atom is 0.214 e. The first-order valence-electron chi connectivity index (χ1n) is 7.01. The van der Waals surface area contributed by atoms with Crippen molar-refractivity contribution in [3.05, 3.63) is 29.3 Å². The lowest BCUT2D eigenvalue weighted by Crippen LogP contribution is -2.54. The SMILES string of the molecule is CCS(=O)(=O)N(C)[C@H]1c2cc(C#N)ccc2OC(C)(C)[C@H]1O. The number of rotatable bonds is 3. The van der Waals surface area contributed by atoms with Gasteiger partial charge in [0.25, 0.3) is 0 Å². The highest BCUT2D eigenvalue weighted by molar-refractivity contribution is 7.89. The Morgan fingerprint density at radius 2 is 2.09 bits per heavy atom. The van der Waals surface area contributed by atoms with E-state index in [0.29, 0.717) is 16.9 Å². The molecular weight excluding hydrogens is 304 g/mol. The zero-order chi connectivity index (χ0) is 16.7. The average Bonchev–Trinajstić information content (AvgIpc) is 2.47. The van der Waals surface area contributed by atoms with E-state index in [0.717, 1.165) is 0 Å². The summed E-state index contributed by atoms with van der Waals surface area (Å²) in [6, 6.07) is 6.04. The van der Waals surface area contributed by atoms with E-state index in [-0.39, 0.29) is 5.75 Å². The topological polar surface area (TPSA) is 90.6 Å². The molecule has 1 aromatic carbocycles. The molecular formula is C15H20N2O4S. The van der Waals surface area contributed by atoms with Crippen molar-refractivity contribution in [2.45, 2.75) is 38.5 Å². The standard InChI is InChI=1S/C15H20N2O4S/c1-5-22(19,20)17(4)13-11-8-10(9-16)6-7-12(11)21-15(2,3)14(13)18/h6-8,13-14,18H,5H2,1-4H3/t13-,14-/m0/s1. The van der Waals surface area contributed by atoms with Crippen LogP contribution in [-0.4, -0.2) is 42.3 Å². The van der Waals surface area contributed by atoms with Crippen molar-refractivity contribution >= 4 is 10.0 Å². The molecule has 7 heteroatoms. The van der Waals surface area contributed by atoms with Crippen molar-refractivity contribution in [1.29, 1.82) is 5.26 Å². The number of aliphatic hydroxyl groups excluding tert-OH is 1. The molecule has 1 heterocycles. The molecule has 0 amide bonds. The van der Waals surface area contributed by atoms with Crippen LogP contribution in [0.5, 0.6) is 5.75 Å². The largest absolute Gasteiger partial charge is 0.485 e. The molecule has 0 bridgehead atoms. The maximum atomic E-state index is 12.2. The number of benzene rings is 1. The molecule has 0 saturated heterocycles. The predicted molar refractivity (Wildman–Crippen MR) is 81.8 cm³/mol. The van der Waals surface area contributed by atoms with Gasteiger partial charge in [0.2, 0.25) is 10.0 Å². The van der Waals surface area contributed by atoms with E-state index in [2.05, 4.69) is 0 Å². The van der Waals surface area contributed by atoms with Crippen LogP contribution in [-0.2, 0) is 10.0 Å². The normalized spacial score (nSPS) is 23.5. The number of nitriles is 1. The number of fused-ring (bicyclic) bond motifs is 1. The molecule has 6 nitrogen and oxygen atoms in total. The van der Waals surface area contributed by atoms with Crippen LogP contribution in [0.3, 0.4) is 0 Å². The second-order valence-corrected chi connectivity index (χ2v) is 8.19. The van der Waals surface area contributed by atoms with Crippen molar-refractivity contribution in [3.63, 3.8) is 0 Å². The van der Waals surface area contributed by atoms with Gasteiger partial charge in [-0.3, -0.25) is 0 Å². The summed E-state index contributed by atoms with van der Waals surface area (Å²) in [5, 5.41) is 19.7. The van der Waals surface area contributed by atoms with Crippen LogP contribution in [0.25, 0.3) is 0 Å². The quantitative estimate of drug-likeness (QED) is 0.908. The number of aliphatic hydroxyl groups is 1. The van der Waals surface area contributed by atoms with Gasteiger partial charge in [-0.05, 0) is 39.0 Å². The molecule has 1 aromatic rings. The molecule has 0 unspecified atom stereocenters. The maximum absolute atomic E-state index is 12.2. The Kier molecular flexibility index (Phi) is 4.22. The van der Waals surface area contributed by atoms with Gasteiger partial charge in [-0.1, -0.05) is 0 Å². The Morgan fingerprint density at radius 1 is 1.45 bits per heavy atom. The molecule has 1 aliphatic heterocycles. The van der Waals surface area contributed by atoms with E-state index in [1.807, 2.05) is 6.07 Å². The summed E-state index contributed by atoms with van der Waals surface area (Å²) < 4.78 is 31.4. The lowest BCUT2D eigenvalue weighted by Gasteiger charge is -2.44. The first kappa shape index (κ1) is 16.7. The Bertz CT molecular complexity index is 722. The summed E-state index contributed by atoms with van der Waals surface area (Å²) >= 11 is 0. The molecule has 0 aromatic heterocycles. The Morgan fingerprint density at radius 3 is 2.64 bits per heavy atom. The summed E-state index contributed by atoms with van der Waals surface area (Å²) in [6.45, 7) is 4.96. The fourth-order valence-corrected chi connectivity index (χ4v) is 3.59. The van der Waals surface area contributed by atoms with Gasteiger partial charge in [-0.2, -0.15) is 9.57 Å². The molecule has 0 saturated carbocycles. The minimum atomic E-state index is -3.51. The first-order valence-corrected chi connectivity index (χ1v) is 8.62. The summed E-state index contributed by atoms with van der Waals surface area (Å²) in [5.74, 6) is 0.416. The van der Waals surface area contributed by atoms with Gasteiger partial charge in [0, 0.05) is 12.6 Å². The first-order chi connectivity index (χ1) is 10.1. The second kappa shape index (κ2) is 5.54. The summed E-state index contributed by atoms with van der Waals surface area (Å²) in [7, 11) is -2.07. The molecule has 2 rings (SSSR count). The van der Waals surface area contributed by atoms with Crippen LogP contribution in [0.2, 0.25) is 0 Å². The van der Waals surface area contributed by atoms with E-state index in [9.17, 15) is 13.5 Å². The van der Waals surface area contributed by atoms with Crippen LogP contribution in [0.15, 0.2) is 18.2 Å². The minimum Gasteiger partial charge on any atom is -0.485 e. The third-order valence-corrected chi connectivity index (χ3v) is 5.87. The molecule has 0 fully saturated rings. The molecule has 1 aliphatic rings. The monoisotopic (exact) mass is 324 g/mol. The highest BCUT2D eigenvalue weighted by Gasteiger charge is 2.47. The van der Waals surface area contributed by atoms with Gasteiger partial charge in [-0.15, -0.1) is 0 Å². The summed E-state index contributed by atoms with van der Waals surface area (Å²) in [4.78, 5) is 0. The summed E-state index contributed by atoms with van der Waals surface area (Å²) in [6.07, 6.45) is -1.06. The van der Waals surface area contributed by atoms with Crippen LogP contribution in [0.4, 0.5) is 0 Å². The Balaban J connectivity index is 2.64. The van der Waals surface area contributed by atoms with Crippen molar-refractivity contribution in [1.82, 2.24) is 4.31 Å². The number of nitrogens with zero attached hydrogens (tertiary/aromatic N) is 2. The molecule has 2 atom stereocenters. The fraction of sp³-hybridized carbons (Fsp3) is 0.533. The number of ether oxygens (including phenoxy) is 1. The predicted octanol–water partition coefficient (Wildman–Crippen LogP) is 1.41. The van der Waals surface area contributed by atoms with E-state index >= 15 is 0 Å². The van der Waals surface area contributed by atoms with Gasteiger partial charge in [0.1, 0.15) is 17.5 Å². The Labute approximate surface area is 131 Å². The lowest BCUT2D eigenvalue weighted by atomic mass is 9.86. The van der Waals surface area contributed by atoms with Gasteiger partial charge in [0.05, 0.1) is 23.4 Å². The third kappa shape index (κ3) is 2.70. The number of hydrogen-bond acceptors (Lipinski definition) is 5. The van der Waals surface area contributed by atoms with E-state index in [1.165, 1.54) is 11.4 Å². The number of hydrogen-bond donors (Lipinski definition) is 1. The molecule has 120 valence electrons. The number of likely N-dealkylation sites (N-methyl/N-ethyl adjacent to an activating group) is 1. The minimum absolute atomic E-state index is 0.0682. The van der Waals surface area contributed by atoms with Crippen LogP contribution >= 0.6 is 0 Å². The Hall–Kier alpha value is -1.62. The lowest BCUT2D eigenvalue weighted by molar-refractivity contribution is -0.0763. The highest BCUT2D eigenvalue weighted by Crippen LogP contribution is 2.43. The molecule has 0 aliphatic carbocycles. The smallest absolute Gasteiger partial charge is 0.214 e. The zero-order valence-corrected chi connectivity index (χ0v) is 13.9. The van der Waals surface area contributed by atoms with Crippen molar-refractivity contribution in [3.8, 4) is 11.8 Å². The van der Waals surface area contributed by atoms with E-state index in [1.54, 1.807) is 39.0 Å². The van der Waals surface area contributed by atoms with Crippen LogP contribution in [0, 0.1) is 11.3 Å². The zero-order valence-electron chi connectivity index (χ0n) is 13.1. The van der Waals surface area contributed by atoms with Crippen molar-refractivity contribution in [2.24, 2.45) is 0 Å². The van der Waals surface area contributed by atoms with Gasteiger partial charge >= 0.3 is 0 Å². The van der Waals surface area contributed by atoms with Crippen LogP contribution < -0.4 is 4.74 Å². The van der Waals surface area contributed by atoms with E-state index in [4.69, 9.17) is 10.00 Å². The molecule has 0 radical (unpaired) electrons. The van der Waals surface area contributed by atoms with Crippen molar-refractivity contribution < 1.29 is 18.3 Å². The summed E-state index contributed by atoms with van der Waals surface area (Å²) in [5.41, 5.74) is -0.0458. The molecule has 22 heavy (non-hydrogen) atoms. The average molecular weight is 324 g/mol.